The standard InChI is InChI=1S/C29H33F3N6O5/c1-28(2,3)43-27(41)36-11-6-5-10-21(16-36)37-23-19(15-33)12-18(25(40)42-4)14-22(23)35-26(37)38(34)24(39)17-8-7-9-20(13-17)29(30,31)32/h7-9,12-14,21,26,35H,5-6,10-11,16,34H2,1-4H3. The molecule has 2 aromatic rings. The number of anilines is 2. The Hall–Kier alpha value is -4.51. The molecule has 0 aliphatic carbocycles. The Kier molecular flexibility index (Phi) is 8.77. The number of hydrogen-bond donors (Lipinski definition) is 2. The number of nitriles is 1. The number of hydrogen-bond acceptors (Lipinski definition) is 9. The van der Waals surface area contributed by atoms with E-state index in [1.807, 2.05) is 0 Å². The Balaban J connectivity index is 1.77. The minimum Gasteiger partial charge on any atom is -0.465 e. The van der Waals surface area contributed by atoms with E-state index in [1.54, 1.807) is 30.6 Å². The molecule has 2 atom stereocenters. The number of hydrazine groups is 1. The molecule has 2 heterocycles. The monoisotopic (exact) mass is 602 g/mol. The van der Waals surface area contributed by atoms with Crippen LogP contribution < -0.4 is 16.1 Å². The summed E-state index contributed by atoms with van der Waals surface area (Å²) < 4.78 is 50.6. The van der Waals surface area contributed by atoms with E-state index >= 15 is 0 Å². The SMILES string of the molecule is COC(=O)c1cc(C#N)c2c(c1)NC(N(N)C(=O)c1cccc(C(F)(F)F)c1)N2C1CCCCN(C(=O)OC(C)(C)C)C1. The zero-order valence-electron chi connectivity index (χ0n) is 24.2. The van der Waals surface area contributed by atoms with Gasteiger partial charge in [-0.2, -0.15) is 18.4 Å². The van der Waals surface area contributed by atoms with Gasteiger partial charge in [-0.3, -0.25) is 4.79 Å². The first-order chi connectivity index (χ1) is 20.1. The van der Waals surface area contributed by atoms with Gasteiger partial charge >= 0.3 is 18.2 Å². The molecule has 3 N–H and O–H groups in total. The van der Waals surface area contributed by atoms with E-state index in [0.29, 0.717) is 37.6 Å². The number of rotatable bonds is 4. The number of nitrogens with two attached hydrogens (primary N) is 1. The van der Waals surface area contributed by atoms with E-state index in [4.69, 9.17) is 15.3 Å². The van der Waals surface area contributed by atoms with Gasteiger partial charge in [-0.05, 0) is 70.4 Å². The topological polar surface area (TPSA) is 141 Å². The van der Waals surface area contributed by atoms with E-state index in [9.17, 15) is 32.8 Å². The summed E-state index contributed by atoms with van der Waals surface area (Å²) in [5.41, 5.74) is -1.32. The molecule has 0 spiro atoms. The molecular weight excluding hydrogens is 569 g/mol. The lowest BCUT2D eigenvalue weighted by Crippen LogP contribution is -2.60. The number of amides is 2. The fourth-order valence-corrected chi connectivity index (χ4v) is 5.19. The summed E-state index contributed by atoms with van der Waals surface area (Å²) in [6.07, 6.45) is -4.55. The third-order valence-corrected chi connectivity index (χ3v) is 7.08. The van der Waals surface area contributed by atoms with Crippen molar-refractivity contribution in [1.82, 2.24) is 9.91 Å². The maximum Gasteiger partial charge on any atom is 0.416 e. The Bertz CT molecular complexity index is 1450. The molecule has 2 amide bonds. The molecule has 4 rings (SSSR count). The largest absolute Gasteiger partial charge is 0.465 e. The van der Waals surface area contributed by atoms with Crippen LogP contribution in [0.4, 0.5) is 29.3 Å². The van der Waals surface area contributed by atoms with E-state index in [-0.39, 0.29) is 28.9 Å². The number of carbonyl (C=O) groups excluding carboxylic acids is 3. The number of carbonyl (C=O) groups is 3. The van der Waals surface area contributed by atoms with Gasteiger partial charge in [-0.1, -0.05) is 6.07 Å². The van der Waals surface area contributed by atoms with Crippen molar-refractivity contribution in [2.75, 3.05) is 30.4 Å². The van der Waals surface area contributed by atoms with Crippen molar-refractivity contribution in [2.45, 2.75) is 64.1 Å². The molecule has 230 valence electrons. The molecule has 2 aliphatic heterocycles. The zero-order chi connectivity index (χ0) is 31.7. The van der Waals surface area contributed by atoms with Gasteiger partial charge < -0.3 is 24.6 Å². The quantitative estimate of drug-likeness (QED) is 0.221. The van der Waals surface area contributed by atoms with Crippen molar-refractivity contribution in [3.05, 3.63) is 58.7 Å². The molecule has 2 aromatic carbocycles. The van der Waals surface area contributed by atoms with Gasteiger partial charge in [-0.15, -0.1) is 0 Å². The summed E-state index contributed by atoms with van der Waals surface area (Å²) in [6.45, 7) is 5.80. The second-order valence-electron chi connectivity index (χ2n) is 11.3. The van der Waals surface area contributed by atoms with Crippen molar-refractivity contribution in [3.63, 3.8) is 0 Å². The molecule has 0 radical (unpaired) electrons. The van der Waals surface area contributed by atoms with Crippen LogP contribution in [0.5, 0.6) is 0 Å². The maximum atomic E-state index is 13.5. The van der Waals surface area contributed by atoms with Crippen molar-refractivity contribution in [2.24, 2.45) is 5.84 Å². The molecule has 2 aliphatic rings. The lowest BCUT2D eigenvalue weighted by molar-refractivity contribution is -0.137. The maximum absolute atomic E-state index is 13.5. The number of nitrogens with one attached hydrogen (secondary N) is 1. The highest BCUT2D eigenvalue weighted by molar-refractivity contribution is 5.97. The molecule has 0 bridgehead atoms. The van der Waals surface area contributed by atoms with Crippen LogP contribution in [0.2, 0.25) is 0 Å². The number of fused-ring (bicyclic) bond motifs is 1. The molecule has 2 unspecified atom stereocenters. The van der Waals surface area contributed by atoms with Crippen LogP contribution in [-0.4, -0.2) is 66.0 Å². The number of ether oxygens (including phenoxy) is 2. The third kappa shape index (κ3) is 6.77. The van der Waals surface area contributed by atoms with Crippen molar-refractivity contribution >= 4 is 29.3 Å². The first-order valence-electron chi connectivity index (χ1n) is 13.6. The van der Waals surface area contributed by atoms with Crippen LogP contribution in [0.1, 0.15) is 71.9 Å². The summed E-state index contributed by atoms with van der Waals surface area (Å²) in [5, 5.41) is 13.9. The molecular formula is C29H33F3N6O5. The van der Waals surface area contributed by atoms with Gasteiger partial charge in [0.05, 0.1) is 41.2 Å². The number of likely N-dealkylation sites (tertiary alicyclic amines) is 1. The zero-order valence-corrected chi connectivity index (χ0v) is 24.2. The van der Waals surface area contributed by atoms with E-state index in [2.05, 4.69) is 11.4 Å². The summed E-state index contributed by atoms with van der Waals surface area (Å²) in [6, 6.07) is 8.24. The first-order valence-corrected chi connectivity index (χ1v) is 13.6. The van der Waals surface area contributed by atoms with E-state index < -0.39 is 47.6 Å². The highest BCUT2D eigenvalue weighted by Gasteiger charge is 2.43. The molecule has 14 heteroatoms. The second kappa shape index (κ2) is 12.0. The Labute approximate surface area is 246 Å². The van der Waals surface area contributed by atoms with Gasteiger partial charge in [0.2, 0.25) is 0 Å². The minimum absolute atomic E-state index is 0.0647. The number of esters is 1. The molecule has 1 saturated heterocycles. The summed E-state index contributed by atoms with van der Waals surface area (Å²) in [5.74, 6) is 4.71. The van der Waals surface area contributed by atoms with Crippen LogP contribution in [0.3, 0.4) is 0 Å². The Morgan fingerprint density at radius 1 is 1.12 bits per heavy atom. The van der Waals surface area contributed by atoms with Crippen LogP contribution in [-0.2, 0) is 15.7 Å². The summed E-state index contributed by atoms with van der Waals surface area (Å²) in [7, 11) is 1.19. The average Bonchev–Trinajstić information content (AvgIpc) is 3.16. The van der Waals surface area contributed by atoms with Crippen LogP contribution in [0.15, 0.2) is 36.4 Å². The smallest absolute Gasteiger partial charge is 0.416 e. The van der Waals surface area contributed by atoms with Crippen molar-refractivity contribution < 1.29 is 37.0 Å². The predicted molar refractivity (Wildman–Crippen MR) is 150 cm³/mol. The van der Waals surface area contributed by atoms with Crippen LogP contribution >= 0.6 is 0 Å². The fraction of sp³-hybridized carbons (Fsp3) is 0.448. The van der Waals surface area contributed by atoms with Gasteiger partial charge in [0, 0.05) is 18.7 Å². The number of nitrogens with zero attached hydrogens (tertiary/aromatic N) is 4. The van der Waals surface area contributed by atoms with Crippen molar-refractivity contribution in [3.8, 4) is 6.07 Å². The average molecular weight is 603 g/mol. The molecule has 11 nitrogen and oxygen atoms in total. The fourth-order valence-electron chi connectivity index (χ4n) is 5.19. The number of benzene rings is 2. The van der Waals surface area contributed by atoms with E-state index in [1.165, 1.54) is 25.3 Å². The second-order valence-corrected chi connectivity index (χ2v) is 11.3. The highest BCUT2D eigenvalue weighted by atomic mass is 19.4. The normalized spacial score (nSPS) is 18.6. The van der Waals surface area contributed by atoms with Gasteiger partial charge in [0.1, 0.15) is 11.7 Å². The molecule has 0 aromatic heterocycles. The van der Waals surface area contributed by atoms with Gasteiger partial charge in [-0.25, -0.2) is 20.4 Å². The van der Waals surface area contributed by atoms with Gasteiger partial charge in [0.25, 0.3) is 5.91 Å². The number of alkyl halides is 3. The Morgan fingerprint density at radius 3 is 2.47 bits per heavy atom. The van der Waals surface area contributed by atoms with E-state index in [0.717, 1.165) is 17.1 Å². The van der Waals surface area contributed by atoms with Crippen LogP contribution in [0, 0.1) is 11.3 Å². The summed E-state index contributed by atoms with van der Waals surface area (Å²) >= 11 is 0. The van der Waals surface area contributed by atoms with Crippen LogP contribution in [0.25, 0.3) is 0 Å². The Morgan fingerprint density at radius 2 is 1.84 bits per heavy atom. The first kappa shape index (κ1) is 31.4. The number of methoxy groups -OCH3 is 1. The predicted octanol–water partition coefficient (Wildman–Crippen LogP) is 4.68. The molecule has 1 fully saturated rings. The number of halogens is 3. The van der Waals surface area contributed by atoms with Crippen molar-refractivity contribution in [1.29, 1.82) is 5.26 Å². The third-order valence-electron chi connectivity index (χ3n) is 7.08. The minimum atomic E-state index is -4.68. The highest BCUT2D eigenvalue weighted by Crippen LogP contribution is 2.42. The lowest BCUT2D eigenvalue weighted by atomic mass is 10.0. The molecule has 43 heavy (non-hydrogen) atoms. The molecule has 0 saturated carbocycles. The van der Waals surface area contributed by atoms with Gasteiger partial charge in [0.15, 0.2) is 6.29 Å². The summed E-state index contributed by atoms with van der Waals surface area (Å²) in [4.78, 5) is 42.1. The lowest BCUT2D eigenvalue weighted by Gasteiger charge is -2.39.